The van der Waals surface area contributed by atoms with Crippen molar-refractivity contribution in [2.45, 2.75) is 0 Å². The quantitative estimate of drug-likeness (QED) is 0.610. The molecule has 0 N–H and O–H groups in total. The fraction of sp³-hybridized carbons (Fsp3) is 0. The lowest BCUT2D eigenvalue weighted by atomic mass is 10.3. The van der Waals surface area contributed by atoms with E-state index >= 15 is 0 Å². The monoisotopic (exact) mass is 358 g/mol. The Kier molecular flexibility index (Phi) is 4.48. The van der Waals surface area contributed by atoms with Crippen molar-refractivity contribution in [2.75, 3.05) is 0 Å². The molecule has 3 rings (SSSR count). The molecule has 3 aromatic rings. The van der Waals surface area contributed by atoms with Gasteiger partial charge in [0.25, 0.3) is 0 Å². The average Bonchev–Trinajstić information content (AvgIpc) is 2.52. The van der Waals surface area contributed by atoms with E-state index in [9.17, 15) is 4.39 Å². The van der Waals surface area contributed by atoms with E-state index in [0.717, 1.165) is 20.4 Å². The van der Waals surface area contributed by atoms with Crippen LogP contribution in [-0.2, 0) is 0 Å². The minimum absolute atomic E-state index is 0.164. The standard InChI is InChI=1S/C18H13BrFP/c19-14-11-12-18(17(20)13-14)21(15-7-3-1-4-8-15)16-9-5-2-6-10-16/h1-13H. The van der Waals surface area contributed by atoms with E-state index in [0.29, 0.717) is 0 Å². The minimum atomic E-state index is -0.875. The first-order valence-corrected chi connectivity index (χ1v) is 8.74. The van der Waals surface area contributed by atoms with Gasteiger partial charge in [-0.05, 0) is 36.7 Å². The minimum Gasteiger partial charge on any atom is -0.206 e. The van der Waals surface area contributed by atoms with Crippen LogP contribution in [0.5, 0.6) is 0 Å². The zero-order valence-electron chi connectivity index (χ0n) is 11.2. The van der Waals surface area contributed by atoms with E-state index in [1.54, 1.807) is 0 Å². The summed E-state index contributed by atoms with van der Waals surface area (Å²) in [4.78, 5) is 0. The second kappa shape index (κ2) is 6.51. The Bertz CT molecular complexity index is 689. The molecule has 0 heterocycles. The Morgan fingerprint density at radius 1 is 0.714 bits per heavy atom. The van der Waals surface area contributed by atoms with Crippen LogP contribution >= 0.6 is 23.9 Å². The Labute approximate surface area is 133 Å². The number of benzene rings is 3. The maximum absolute atomic E-state index is 14.5. The van der Waals surface area contributed by atoms with Crippen LogP contribution in [0.15, 0.2) is 83.3 Å². The van der Waals surface area contributed by atoms with Crippen LogP contribution in [0, 0.1) is 5.82 Å². The molecule has 0 bridgehead atoms. The molecule has 3 aromatic carbocycles. The Morgan fingerprint density at radius 3 is 1.71 bits per heavy atom. The average molecular weight is 359 g/mol. The topological polar surface area (TPSA) is 0 Å². The first-order chi connectivity index (χ1) is 10.3. The van der Waals surface area contributed by atoms with Gasteiger partial charge in [-0.1, -0.05) is 76.6 Å². The lowest BCUT2D eigenvalue weighted by molar-refractivity contribution is 0.635. The highest BCUT2D eigenvalue weighted by atomic mass is 79.9. The van der Waals surface area contributed by atoms with E-state index < -0.39 is 7.92 Å². The summed E-state index contributed by atoms with van der Waals surface area (Å²) in [5, 5.41) is 3.06. The van der Waals surface area contributed by atoms with E-state index in [1.807, 2.05) is 48.5 Å². The Morgan fingerprint density at radius 2 is 1.24 bits per heavy atom. The second-order valence-electron chi connectivity index (χ2n) is 4.60. The molecule has 0 fully saturated rings. The zero-order chi connectivity index (χ0) is 14.7. The molecule has 104 valence electrons. The van der Waals surface area contributed by atoms with Crippen LogP contribution in [0.1, 0.15) is 0 Å². The lowest BCUT2D eigenvalue weighted by Gasteiger charge is -2.19. The number of rotatable bonds is 3. The van der Waals surface area contributed by atoms with Crippen LogP contribution in [0.25, 0.3) is 0 Å². The Hall–Kier alpha value is -1.50. The first kappa shape index (κ1) is 14.4. The molecule has 0 aliphatic carbocycles. The molecule has 0 aliphatic heterocycles. The lowest BCUT2D eigenvalue weighted by Crippen LogP contribution is -2.22. The van der Waals surface area contributed by atoms with Crippen molar-refractivity contribution in [3.05, 3.63) is 89.2 Å². The van der Waals surface area contributed by atoms with Crippen LogP contribution in [0.3, 0.4) is 0 Å². The van der Waals surface area contributed by atoms with Gasteiger partial charge >= 0.3 is 0 Å². The second-order valence-corrected chi connectivity index (χ2v) is 7.70. The van der Waals surface area contributed by atoms with Gasteiger partial charge in [0.15, 0.2) is 0 Å². The van der Waals surface area contributed by atoms with Crippen LogP contribution in [0.2, 0.25) is 0 Å². The highest BCUT2D eigenvalue weighted by Crippen LogP contribution is 2.34. The molecule has 0 unspecified atom stereocenters. The van der Waals surface area contributed by atoms with E-state index in [-0.39, 0.29) is 5.82 Å². The summed E-state index contributed by atoms with van der Waals surface area (Å²) in [5.41, 5.74) is 0. The summed E-state index contributed by atoms with van der Waals surface area (Å²) in [7, 11) is -0.875. The van der Waals surface area contributed by atoms with Gasteiger partial charge in [0.1, 0.15) is 5.82 Å². The van der Waals surface area contributed by atoms with Crippen molar-refractivity contribution >= 4 is 39.8 Å². The summed E-state index contributed by atoms with van der Waals surface area (Å²) in [6.45, 7) is 0. The van der Waals surface area contributed by atoms with Crippen molar-refractivity contribution in [3.8, 4) is 0 Å². The summed E-state index contributed by atoms with van der Waals surface area (Å²) in [6, 6.07) is 25.6. The normalized spacial score (nSPS) is 10.8. The predicted molar refractivity (Wildman–Crippen MR) is 92.8 cm³/mol. The third kappa shape index (κ3) is 3.23. The Balaban J connectivity index is 2.17. The maximum Gasteiger partial charge on any atom is 0.132 e. The molecule has 0 amide bonds. The molecule has 0 saturated carbocycles. The van der Waals surface area contributed by atoms with Gasteiger partial charge in [-0.3, -0.25) is 0 Å². The van der Waals surface area contributed by atoms with Crippen molar-refractivity contribution in [2.24, 2.45) is 0 Å². The molecule has 0 aliphatic rings. The van der Waals surface area contributed by atoms with Gasteiger partial charge in [0.05, 0.1) is 0 Å². The molecule has 0 nitrogen and oxygen atoms in total. The van der Waals surface area contributed by atoms with Crippen LogP contribution < -0.4 is 15.9 Å². The first-order valence-electron chi connectivity index (χ1n) is 6.61. The molecule has 0 saturated heterocycles. The smallest absolute Gasteiger partial charge is 0.132 e. The molecule has 0 radical (unpaired) electrons. The largest absolute Gasteiger partial charge is 0.206 e. The molecule has 0 atom stereocenters. The molecular formula is C18H13BrFP. The van der Waals surface area contributed by atoms with E-state index in [1.165, 1.54) is 6.07 Å². The van der Waals surface area contributed by atoms with Crippen molar-refractivity contribution < 1.29 is 4.39 Å². The molecule has 0 spiro atoms. The number of halogens is 2. The van der Waals surface area contributed by atoms with Gasteiger partial charge in [-0.2, -0.15) is 0 Å². The van der Waals surface area contributed by atoms with Gasteiger partial charge < -0.3 is 0 Å². The summed E-state index contributed by atoms with van der Waals surface area (Å²) in [6.07, 6.45) is 0. The van der Waals surface area contributed by atoms with Gasteiger partial charge in [0.2, 0.25) is 0 Å². The van der Waals surface area contributed by atoms with Gasteiger partial charge in [-0.15, -0.1) is 0 Å². The predicted octanol–water partition coefficient (Wildman–Crippen LogP) is 4.35. The van der Waals surface area contributed by atoms with Crippen molar-refractivity contribution in [1.29, 1.82) is 0 Å². The summed E-state index contributed by atoms with van der Waals surface area (Å²) < 4.78 is 15.2. The molecular weight excluding hydrogens is 346 g/mol. The summed E-state index contributed by atoms with van der Waals surface area (Å²) in [5.74, 6) is -0.164. The van der Waals surface area contributed by atoms with Crippen molar-refractivity contribution in [3.63, 3.8) is 0 Å². The fourth-order valence-electron chi connectivity index (χ4n) is 2.24. The maximum atomic E-state index is 14.5. The summed E-state index contributed by atoms with van der Waals surface area (Å²) >= 11 is 3.33. The van der Waals surface area contributed by atoms with Crippen LogP contribution in [-0.4, -0.2) is 0 Å². The van der Waals surface area contributed by atoms with Crippen LogP contribution in [0.4, 0.5) is 4.39 Å². The van der Waals surface area contributed by atoms with Gasteiger partial charge in [0, 0.05) is 9.78 Å². The van der Waals surface area contributed by atoms with Gasteiger partial charge in [-0.25, -0.2) is 4.39 Å². The molecule has 3 heteroatoms. The van der Waals surface area contributed by atoms with E-state index in [4.69, 9.17) is 0 Å². The third-order valence-electron chi connectivity index (χ3n) is 3.18. The number of hydrogen-bond acceptors (Lipinski definition) is 0. The SMILES string of the molecule is Fc1cc(Br)ccc1P(c1ccccc1)c1ccccc1. The highest BCUT2D eigenvalue weighted by Gasteiger charge is 2.19. The number of hydrogen-bond donors (Lipinski definition) is 0. The third-order valence-corrected chi connectivity index (χ3v) is 6.15. The molecule has 0 aromatic heterocycles. The zero-order valence-corrected chi connectivity index (χ0v) is 13.7. The molecule has 21 heavy (non-hydrogen) atoms. The van der Waals surface area contributed by atoms with E-state index in [2.05, 4.69) is 40.2 Å². The highest BCUT2D eigenvalue weighted by molar-refractivity contribution is 9.10. The van der Waals surface area contributed by atoms with Crippen molar-refractivity contribution in [1.82, 2.24) is 0 Å². The fourth-order valence-corrected chi connectivity index (χ4v) is 4.87.